The number of benzene rings is 1. The molecule has 0 N–H and O–H groups in total. The van der Waals surface area contributed by atoms with Gasteiger partial charge in [-0.1, -0.05) is 17.7 Å². The van der Waals surface area contributed by atoms with Crippen molar-refractivity contribution in [1.82, 2.24) is 10.2 Å². The number of fused-ring (bicyclic) bond motifs is 1. The molecule has 0 radical (unpaired) electrons. The van der Waals surface area contributed by atoms with Crippen LogP contribution in [0.5, 0.6) is 0 Å². The fraction of sp³-hybridized carbons (Fsp3) is 0. The van der Waals surface area contributed by atoms with Gasteiger partial charge in [-0.25, -0.2) is 0 Å². The van der Waals surface area contributed by atoms with Gasteiger partial charge in [-0.2, -0.15) is 10.2 Å². The van der Waals surface area contributed by atoms with E-state index in [1.165, 1.54) is 0 Å². The van der Waals surface area contributed by atoms with Crippen molar-refractivity contribution in [1.29, 1.82) is 0 Å². The minimum Gasteiger partial charge on any atom is -0.158 e. The summed E-state index contributed by atoms with van der Waals surface area (Å²) < 4.78 is 0. The molecule has 0 spiro atoms. The Labute approximate surface area is 68.8 Å². The van der Waals surface area contributed by atoms with Gasteiger partial charge in [0.1, 0.15) is 0 Å². The van der Waals surface area contributed by atoms with Gasteiger partial charge in [0.25, 0.3) is 0 Å². The average Bonchev–Trinajstić information content (AvgIpc) is 2.04. The molecule has 0 atom stereocenters. The van der Waals surface area contributed by atoms with Crippen LogP contribution in [0.4, 0.5) is 0 Å². The number of nitrogens with zero attached hydrogens (tertiary/aromatic N) is 2. The summed E-state index contributed by atoms with van der Waals surface area (Å²) in [7, 11) is 0. The highest BCUT2D eigenvalue weighted by atomic mass is 35.5. The highest BCUT2D eigenvalue weighted by molar-refractivity contribution is 6.31. The molecular weight excluding hydrogens is 160 g/mol. The quantitative estimate of drug-likeness (QED) is 0.597. The summed E-state index contributed by atoms with van der Waals surface area (Å²) in [6.45, 7) is 0. The molecule has 0 bridgehead atoms. The van der Waals surface area contributed by atoms with Crippen molar-refractivity contribution in [2.24, 2.45) is 0 Å². The largest absolute Gasteiger partial charge is 0.158 e. The lowest BCUT2D eigenvalue weighted by molar-refractivity contribution is 1.05. The van der Waals surface area contributed by atoms with Crippen molar-refractivity contribution in [2.45, 2.75) is 0 Å². The summed E-state index contributed by atoms with van der Waals surface area (Å²) in [5, 5.41) is 10.3. The van der Waals surface area contributed by atoms with E-state index < -0.39 is 0 Å². The molecule has 11 heavy (non-hydrogen) atoms. The molecule has 2 aromatic rings. The topological polar surface area (TPSA) is 25.8 Å². The number of aromatic nitrogens is 2. The smallest absolute Gasteiger partial charge is 0.0575 e. The molecule has 0 saturated heterocycles. The molecule has 1 heterocycles. The Morgan fingerprint density at radius 2 is 1.73 bits per heavy atom. The minimum atomic E-state index is 0.727. The normalized spacial score (nSPS) is 10.3. The van der Waals surface area contributed by atoms with Crippen LogP contribution < -0.4 is 0 Å². The molecule has 0 aliphatic rings. The van der Waals surface area contributed by atoms with Gasteiger partial charge in [0.2, 0.25) is 0 Å². The van der Waals surface area contributed by atoms with Crippen LogP contribution in [0.15, 0.2) is 30.6 Å². The SMILES string of the molecule is Clc1ccc2cnncc2c1. The van der Waals surface area contributed by atoms with E-state index in [1.54, 1.807) is 12.4 Å². The number of hydrogen-bond acceptors (Lipinski definition) is 2. The molecule has 54 valence electrons. The van der Waals surface area contributed by atoms with Crippen molar-refractivity contribution in [3.8, 4) is 0 Å². The van der Waals surface area contributed by atoms with Gasteiger partial charge in [-0.3, -0.25) is 0 Å². The Kier molecular flexibility index (Phi) is 1.47. The van der Waals surface area contributed by atoms with Crippen LogP contribution in [0.3, 0.4) is 0 Å². The molecule has 1 aromatic carbocycles. The summed E-state index contributed by atoms with van der Waals surface area (Å²) in [6.07, 6.45) is 3.41. The maximum atomic E-state index is 5.77. The molecule has 1 aromatic heterocycles. The standard InChI is InChI=1S/C8H5ClN2/c9-8-2-1-6-4-10-11-5-7(6)3-8/h1-5H. The predicted octanol–water partition coefficient (Wildman–Crippen LogP) is 2.28. The molecule has 0 amide bonds. The molecular formula is C8H5ClN2. The van der Waals surface area contributed by atoms with E-state index >= 15 is 0 Å². The van der Waals surface area contributed by atoms with E-state index in [0.717, 1.165) is 15.8 Å². The Hall–Kier alpha value is -1.15. The van der Waals surface area contributed by atoms with Gasteiger partial charge in [-0.05, 0) is 12.1 Å². The maximum Gasteiger partial charge on any atom is 0.0575 e. The van der Waals surface area contributed by atoms with Crippen LogP contribution in [-0.4, -0.2) is 10.2 Å². The zero-order valence-corrected chi connectivity index (χ0v) is 6.42. The van der Waals surface area contributed by atoms with E-state index in [2.05, 4.69) is 10.2 Å². The van der Waals surface area contributed by atoms with Crippen molar-refractivity contribution < 1.29 is 0 Å². The zero-order valence-electron chi connectivity index (χ0n) is 5.66. The van der Waals surface area contributed by atoms with Crippen LogP contribution in [0.25, 0.3) is 10.8 Å². The van der Waals surface area contributed by atoms with Crippen LogP contribution in [0.1, 0.15) is 0 Å². The van der Waals surface area contributed by atoms with Gasteiger partial charge < -0.3 is 0 Å². The molecule has 0 aliphatic heterocycles. The van der Waals surface area contributed by atoms with E-state index in [1.807, 2.05) is 18.2 Å². The van der Waals surface area contributed by atoms with Gasteiger partial charge in [0.15, 0.2) is 0 Å². The summed E-state index contributed by atoms with van der Waals surface area (Å²) >= 11 is 5.77. The fourth-order valence-electron chi connectivity index (χ4n) is 0.966. The molecule has 0 unspecified atom stereocenters. The fourth-order valence-corrected chi connectivity index (χ4v) is 1.15. The third-order valence-corrected chi connectivity index (χ3v) is 1.74. The van der Waals surface area contributed by atoms with Gasteiger partial charge in [0.05, 0.1) is 12.4 Å². The highest BCUT2D eigenvalue weighted by Gasteiger charge is 1.92. The third-order valence-electron chi connectivity index (χ3n) is 1.51. The van der Waals surface area contributed by atoms with Crippen LogP contribution in [-0.2, 0) is 0 Å². The first-order valence-corrected chi connectivity index (χ1v) is 3.60. The van der Waals surface area contributed by atoms with Crippen molar-refractivity contribution >= 4 is 22.4 Å². The van der Waals surface area contributed by atoms with Crippen LogP contribution in [0, 0.1) is 0 Å². The van der Waals surface area contributed by atoms with E-state index in [4.69, 9.17) is 11.6 Å². The highest BCUT2D eigenvalue weighted by Crippen LogP contribution is 2.16. The first-order valence-electron chi connectivity index (χ1n) is 3.22. The lowest BCUT2D eigenvalue weighted by Crippen LogP contribution is -1.78. The first kappa shape index (κ1) is 6.55. The lowest BCUT2D eigenvalue weighted by atomic mass is 10.2. The van der Waals surface area contributed by atoms with Crippen molar-refractivity contribution in [3.63, 3.8) is 0 Å². The molecule has 2 rings (SSSR count). The summed E-state index contributed by atoms with van der Waals surface area (Å²) in [4.78, 5) is 0. The van der Waals surface area contributed by atoms with E-state index in [-0.39, 0.29) is 0 Å². The van der Waals surface area contributed by atoms with E-state index in [9.17, 15) is 0 Å². The molecule has 2 nitrogen and oxygen atoms in total. The predicted molar refractivity (Wildman–Crippen MR) is 44.5 cm³/mol. The number of halogens is 1. The van der Waals surface area contributed by atoms with Crippen molar-refractivity contribution in [3.05, 3.63) is 35.6 Å². The Morgan fingerprint density at radius 3 is 2.55 bits per heavy atom. The molecule has 0 fully saturated rings. The second-order valence-electron chi connectivity index (χ2n) is 2.26. The lowest BCUT2D eigenvalue weighted by Gasteiger charge is -1.94. The van der Waals surface area contributed by atoms with E-state index in [0.29, 0.717) is 0 Å². The zero-order chi connectivity index (χ0) is 7.68. The maximum absolute atomic E-state index is 5.77. The second-order valence-corrected chi connectivity index (χ2v) is 2.70. The molecule has 3 heteroatoms. The molecule has 0 aliphatic carbocycles. The van der Waals surface area contributed by atoms with Gasteiger partial charge >= 0.3 is 0 Å². The number of hydrogen-bond donors (Lipinski definition) is 0. The Morgan fingerprint density at radius 1 is 1.00 bits per heavy atom. The minimum absolute atomic E-state index is 0.727. The Balaban J connectivity index is 2.83. The first-order chi connectivity index (χ1) is 5.36. The number of rotatable bonds is 0. The van der Waals surface area contributed by atoms with Crippen LogP contribution in [0.2, 0.25) is 5.02 Å². The molecule has 0 saturated carbocycles. The van der Waals surface area contributed by atoms with Crippen molar-refractivity contribution in [2.75, 3.05) is 0 Å². The van der Waals surface area contributed by atoms with Gasteiger partial charge in [-0.15, -0.1) is 0 Å². The van der Waals surface area contributed by atoms with Gasteiger partial charge in [0, 0.05) is 15.8 Å². The monoisotopic (exact) mass is 164 g/mol. The Bertz CT molecular complexity index is 387. The average molecular weight is 165 g/mol. The summed E-state index contributed by atoms with van der Waals surface area (Å²) in [5.41, 5.74) is 0. The second kappa shape index (κ2) is 2.47. The summed E-state index contributed by atoms with van der Waals surface area (Å²) in [5.74, 6) is 0. The third kappa shape index (κ3) is 1.17. The summed E-state index contributed by atoms with van der Waals surface area (Å²) in [6, 6.07) is 5.63. The van der Waals surface area contributed by atoms with Crippen LogP contribution >= 0.6 is 11.6 Å².